The molecule has 2 heterocycles. The fourth-order valence-electron chi connectivity index (χ4n) is 4.68. The third-order valence-electron chi connectivity index (χ3n) is 5.64. The number of likely N-dealkylation sites (N-methyl/N-ethyl adjacent to an activating group) is 1. The molecule has 3 atom stereocenters. The van der Waals surface area contributed by atoms with Gasteiger partial charge in [0, 0.05) is 43.8 Å². The summed E-state index contributed by atoms with van der Waals surface area (Å²) in [5.41, 5.74) is 3.53. The average Bonchev–Trinajstić information content (AvgIpc) is 2.86. The van der Waals surface area contributed by atoms with Crippen molar-refractivity contribution in [2.24, 2.45) is 13.0 Å². The molecule has 4 heteroatoms. The first-order valence-corrected chi connectivity index (χ1v) is 7.83. The lowest BCUT2D eigenvalue weighted by Crippen LogP contribution is -2.59. The minimum atomic E-state index is -0.374. The van der Waals surface area contributed by atoms with Gasteiger partial charge in [-0.25, -0.2) is 0 Å². The smallest absolute Gasteiger partial charge is 0.110 e. The molecule has 22 heavy (non-hydrogen) atoms. The maximum absolute atomic E-state index is 9.47. The third-order valence-corrected chi connectivity index (χ3v) is 5.64. The summed E-state index contributed by atoms with van der Waals surface area (Å²) in [6, 6.07) is 9.22. The molecule has 1 fully saturated rings. The normalized spacial score (nSPS) is 31.0. The molecule has 1 aliphatic heterocycles. The van der Waals surface area contributed by atoms with Crippen molar-refractivity contribution >= 4 is 10.9 Å². The molecular weight excluding hydrogens is 276 g/mol. The van der Waals surface area contributed by atoms with E-state index in [4.69, 9.17) is 4.74 Å². The van der Waals surface area contributed by atoms with Crippen LogP contribution in [0.5, 0.6) is 0 Å². The Bertz CT molecular complexity index is 787. The highest BCUT2D eigenvalue weighted by Crippen LogP contribution is 2.49. The number of aryl methyl sites for hydroxylation is 1. The number of rotatable bonds is 1. The van der Waals surface area contributed by atoms with Crippen LogP contribution in [0.25, 0.3) is 10.9 Å². The number of hydrogen-bond acceptors (Lipinski definition) is 3. The number of hydrogen-bond donors (Lipinski definition) is 0. The Balaban J connectivity index is 2.01. The molecule has 4 nitrogen and oxygen atoms in total. The molecule has 0 saturated carbocycles. The van der Waals surface area contributed by atoms with Gasteiger partial charge in [-0.2, -0.15) is 5.26 Å². The summed E-state index contributed by atoms with van der Waals surface area (Å²) in [5.74, 6) is 0.0155. The molecule has 2 aromatic rings. The predicted octanol–water partition coefficient (Wildman–Crippen LogP) is 2.42. The van der Waals surface area contributed by atoms with Crippen LogP contribution in [0.3, 0.4) is 0 Å². The van der Waals surface area contributed by atoms with Gasteiger partial charge in [-0.3, -0.25) is 4.90 Å². The quantitative estimate of drug-likeness (QED) is 0.811. The summed E-state index contributed by atoms with van der Waals surface area (Å²) < 4.78 is 8.34. The van der Waals surface area contributed by atoms with E-state index in [0.29, 0.717) is 6.04 Å². The second-order valence-corrected chi connectivity index (χ2v) is 6.75. The molecule has 1 aliphatic carbocycles. The van der Waals surface area contributed by atoms with Gasteiger partial charge >= 0.3 is 0 Å². The SMILES string of the molecule is CO[C@]12C[C@@H]([14C]#N)CN(C)[C@@H]1Cc1cn(C)c3cccc2c13. The second-order valence-electron chi connectivity index (χ2n) is 6.75. The number of aromatic nitrogens is 1. The van der Waals surface area contributed by atoms with Crippen LogP contribution in [0, 0.1) is 17.2 Å². The number of fused-ring (bicyclic) bond motifs is 2. The largest absolute Gasteiger partial charge is 0.372 e. The van der Waals surface area contributed by atoms with Crippen LogP contribution in [0.4, 0.5) is 0 Å². The van der Waals surface area contributed by atoms with E-state index in [2.05, 4.69) is 54.0 Å². The average molecular weight is 297 g/mol. The van der Waals surface area contributed by atoms with E-state index in [1.807, 2.05) is 0 Å². The molecule has 1 aromatic heterocycles. The van der Waals surface area contributed by atoms with Gasteiger partial charge < -0.3 is 9.30 Å². The van der Waals surface area contributed by atoms with Crippen LogP contribution in [0.2, 0.25) is 0 Å². The Morgan fingerprint density at radius 3 is 2.91 bits per heavy atom. The van der Waals surface area contributed by atoms with E-state index in [-0.39, 0.29) is 11.5 Å². The summed E-state index contributed by atoms with van der Waals surface area (Å²) in [6.45, 7) is 0.824. The van der Waals surface area contributed by atoms with Gasteiger partial charge in [-0.05, 0) is 37.1 Å². The predicted molar refractivity (Wildman–Crippen MR) is 85.4 cm³/mol. The summed E-state index contributed by atoms with van der Waals surface area (Å²) in [6.07, 6.45) is 4.01. The van der Waals surface area contributed by atoms with Crippen LogP contribution in [-0.4, -0.2) is 36.2 Å². The lowest BCUT2D eigenvalue weighted by atomic mass is 9.70. The zero-order valence-corrected chi connectivity index (χ0v) is 13.3. The van der Waals surface area contributed by atoms with Crippen molar-refractivity contribution in [1.29, 1.82) is 5.26 Å². The topological polar surface area (TPSA) is 41.2 Å². The fraction of sp³-hybridized carbons (Fsp3) is 0.500. The van der Waals surface area contributed by atoms with Gasteiger partial charge in [-0.1, -0.05) is 12.1 Å². The van der Waals surface area contributed by atoms with Gasteiger partial charge in [0.25, 0.3) is 0 Å². The van der Waals surface area contributed by atoms with Crippen LogP contribution < -0.4 is 0 Å². The molecule has 0 spiro atoms. The summed E-state index contributed by atoms with van der Waals surface area (Å²) in [5, 5.41) is 10.8. The van der Waals surface area contributed by atoms with E-state index in [9.17, 15) is 5.26 Å². The number of likely N-dealkylation sites (tertiary alicyclic amines) is 1. The molecule has 0 unspecified atom stereocenters. The molecule has 0 N–H and O–H groups in total. The summed E-state index contributed by atoms with van der Waals surface area (Å²) >= 11 is 0. The number of methoxy groups -OCH3 is 1. The lowest BCUT2D eigenvalue weighted by Gasteiger charge is -2.51. The molecular formula is C18H21N3O. The highest BCUT2D eigenvalue weighted by molar-refractivity contribution is 5.89. The van der Waals surface area contributed by atoms with Gasteiger partial charge in [0.1, 0.15) is 5.60 Å². The van der Waals surface area contributed by atoms with Crippen LogP contribution >= 0.6 is 0 Å². The Hall–Kier alpha value is -1.83. The molecule has 0 radical (unpaired) electrons. The molecule has 114 valence electrons. The maximum Gasteiger partial charge on any atom is 0.110 e. The minimum absolute atomic E-state index is 0.0155. The van der Waals surface area contributed by atoms with Crippen molar-refractivity contribution in [3.8, 4) is 6.07 Å². The van der Waals surface area contributed by atoms with Gasteiger partial charge in [0.05, 0.1) is 12.0 Å². The Morgan fingerprint density at radius 1 is 1.36 bits per heavy atom. The molecule has 2 aliphatic rings. The van der Waals surface area contributed by atoms with E-state index in [0.717, 1.165) is 19.4 Å². The highest BCUT2D eigenvalue weighted by Gasteiger charge is 2.51. The van der Waals surface area contributed by atoms with Crippen LogP contribution in [0.15, 0.2) is 24.4 Å². The third kappa shape index (κ3) is 1.58. The van der Waals surface area contributed by atoms with Crippen molar-refractivity contribution in [1.82, 2.24) is 9.47 Å². The van der Waals surface area contributed by atoms with E-state index in [1.165, 1.54) is 22.0 Å². The highest BCUT2D eigenvalue weighted by atomic mass is 16.5. The Labute approximate surface area is 130 Å². The molecule has 0 amide bonds. The van der Waals surface area contributed by atoms with Gasteiger partial charge in [0.2, 0.25) is 0 Å². The Morgan fingerprint density at radius 2 is 2.18 bits per heavy atom. The fourth-order valence-corrected chi connectivity index (χ4v) is 4.68. The lowest BCUT2D eigenvalue weighted by molar-refractivity contribution is -0.118. The van der Waals surface area contributed by atoms with E-state index < -0.39 is 0 Å². The molecule has 4 rings (SSSR count). The maximum atomic E-state index is 9.47. The van der Waals surface area contributed by atoms with Crippen molar-refractivity contribution in [2.45, 2.75) is 24.5 Å². The number of ether oxygens (including phenoxy) is 1. The molecule has 1 aromatic carbocycles. The summed E-state index contributed by atoms with van der Waals surface area (Å²) in [4.78, 5) is 2.32. The number of nitrogens with zero attached hydrogens (tertiary/aromatic N) is 3. The van der Waals surface area contributed by atoms with Crippen molar-refractivity contribution < 1.29 is 4.74 Å². The second kappa shape index (κ2) is 4.58. The zero-order valence-electron chi connectivity index (χ0n) is 13.3. The number of benzene rings is 1. The Kier molecular flexibility index (Phi) is 2.87. The number of nitriles is 1. The zero-order chi connectivity index (χ0) is 15.5. The van der Waals surface area contributed by atoms with E-state index in [1.54, 1.807) is 7.11 Å². The monoisotopic (exact) mass is 297 g/mol. The summed E-state index contributed by atoms with van der Waals surface area (Å²) in [7, 11) is 6.02. The van der Waals surface area contributed by atoms with Crippen LogP contribution in [-0.2, 0) is 23.8 Å². The molecule has 0 bridgehead atoms. The molecule has 1 saturated heterocycles. The van der Waals surface area contributed by atoms with Gasteiger partial charge in [0.15, 0.2) is 0 Å². The first-order chi connectivity index (χ1) is 10.6. The van der Waals surface area contributed by atoms with Gasteiger partial charge in [-0.15, -0.1) is 0 Å². The number of piperidine rings is 1. The first-order valence-electron chi connectivity index (χ1n) is 7.83. The van der Waals surface area contributed by atoms with Crippen molar-refractivity contribution in [3.05, 3.63) is 35.5 Å². The van der Waals surface area contributed by atoms with Crippen LogP contribution in [0.1, 0.15) is 17.5 Å². The standard InChI is InChI=1S/C18H21N3O/c1-20-11-13-7-16-18(22-3,8-12(9-19)10-21(16)2)14-5-4-6-15(20)17(13)14/h4-6,11-12,16H,7-8,10H2,1-3H3/t12-,16+,18-/m0/s1/i9+2. The minimum Gasteiger partial charge on any atom is -0.372 e. The van der Waals surface area contributed by atoms with Crippen molar-refractivity contribution in [3.63, 3.8) is 0 Å². The first kappa shape index (κ1) is 13.8. The van der Waals surface area contributed by atoms with E-state index >= 15 is 0 Å². The van der Waals surface area contributed by atoms with Crippen molar-refractivity contribution in [2.75, 3.05) is 20.7 Å².